The molecule has 0 atom stereocenters. The van der Waals surface area contributed by atoms with Gasteiger partial charge < -0.3 is 20.1 Å². The summed E-state index contributed by atoms with van der Waals surface area (Å²) in [6, 6.07) is 14.9. The maximum atomic E-state index is 8.86. The molecule has 1 aromatic heterocycles. The Labute approximate surface area is 121 Å². The third-order valence-corrected chi connectivity index (χ3v) is 3.22. The second kappa shape index (κ2) is 5.58. The van der Waals surface area contributed by atoms with Crippen molar-refractivity contribution in [3.63, 3.8) is 0 Å². The molecule has 21 heavy (non-hydrogen) atoms. The van der Waals surface area contributed by atoms with E-state index < -0.39 is 0 Å². The summed E-state index contributed by atoms with van der Waals surface area (Å²) in [6.45, 7) is 0.347. The number of nitrogens with zero attached hydrogens (tertiary/aromatic N) is 1. The summed E-state index contributed by atoms with van der Waals surface area (Å²) in [5.74, 6) is 1.54. The van der Waals surface area contributed by atoms with Gasteiger partial charge >= 0.3 is 0 Å². The highest BCUT2D eigenvalue weighted by Gasteiger charge is 2.10. The van der Waals surface area contributed by atoms with Gasteiger partial charge in [-0.25, -0.2) is 0 Å². The van der Waals surface area contributed by atoms with E-state index in [0.717, 1.165) is 22.3 Å². The van der Waals surface area contributed by atoms with Crippen LogP contribution in [0, 0.1) is 0 Å². The van der Waals surface area contributed by atoms with Crippen molar-refractivity contribution >= 4 is 16.6 Å². The average molecular weight is 282 g/mol. The predicted octanol–water partition coefficient (Wildman–Crippen LogP) is 3.11. The monoisotopic (exact) mass is 282 g/mol. The number of oxime groups is 1. The number of benzene rings is 2. The van der Waals surface area contributed by atoms with Crippen LogP contribution in [0.2, 0.25) is 0 Å². The lowest BCUT2D eigenvalue weighted by Gasteiger charge is -2.11. The van der Waals surface area contributed by atoms with Crippen LogP contribution in [0.15, 0.2) is 64.4 Å². The number of ether oxygens (including phenoxy) is 1. The summed E-state index contributed by atoms with van der Waals surface area (Å²) < 4.78 is 11.0. The zero-order valence-electron chi connectivity index (χ0n) is 11.2. The van der Waals surface area contributed by atoms with E-state index in [9.17, 15) is 0 Å². The van der Waals surface area contributed by atoms with Crippen LogP contribution in [0.5, 0.6) is 5.75 Å². The van der Waals surface area contributed by atoms with Crippen LogP contribution in [0.25, 0.3) is 10.8 Å². The van der Waals surface area contributed by atoms with Crippen LogP contribution in [-0.4, -0.2) is 11.0 Å². The molecule has 5 nitrogen and oxygen atoms in total. The highest BCUT2D eigenvalue weighted by molar-refractivity contribution is 6.10. The van der Waals surface area contributed by atoms with Gasteiger partial charge in [-0.05, 0) is 29.7 Å². The van der Waals surface area contributed by atoms with E-state index in [1.165, 1.54) is 0 Å². The molecule has 5 heteroatoms. The molecule has 0 unspecified atom stereocenters. The van der Waals surface area contributed by atoms with Crippen LogP contribution in [0.4, 0.5) is 0 Å². The lowest BCUT2D eigenvalue weighted by atomic mass is 10.0. The Morgan fingerprint density at radius 2 is 1.90 bits per heavy atom. The van der Waals surface area contributed by atoms with Gasteiger partial charge in [0.05, 0.1) is 6.26 Å². The van der Waals surface area contributed by atoms with Crippen molar-refractivity contribution in [2.24, 2.45) is 10.9 Å². The molecule has 0 bridgehead atoms. The first kappa shape index (κ1) is 13.1. The molecule has 3 N–H and O–H groups in total. The van der Waals surface area contributed by atoms with E-state index in [4.69, 9.17) is 20.1 Å². The molecule has 3 aromatic rings. The molecule has 0 aliphatic carbocycles. The van der Waals surface area contributed by atoms with Gasteiger partial charge in [0, 0.05) is 10.9 Å². The fraction of sp³-hybridized carbons (Fsp3) is 0.0625. The summed E-state index contributed by atoms with van der Waals surface area (Å²) in [5, 5.41) is 13.7. The van der Waals surface area contributed by atoms with Crippen molar-refractivity contribution in [3.05, 3.63) is 66.1 Å². The molecule has 1 heterocycles. The largest absolute Gasteiger partial charge is 0.485 e. The van der Waals surface area contributed by atoms with E-state index in [1.807, 2.05) is 36.4 Å². The van der Waals surface area contributed by atoms with Gasteiger partial charge in [-0.15, -0.1) is 0 Å². The second-order valence-electron chi connectivity index (χ2n) is 4.51. The molecular formula is C16H14N2O3. The normalized spacial score (nSPS) is 11.7. The van der Waals surface area contributed by atoms with Gasteiger partial charge in [0.15, 0.2) is 5.84 Å². The van der Waals surface area contributed by atoms with Gasteiger partial charge in [-0.3, -0.25) is 0 Å². The lowest BCUT2D eigenvalue weighted by molar-refractivity contribution is 0.273. The maximum Gasteiger partial charge on any atom is 0.170 e. The van der Waals surface area contributed by atoms with Crippen LogP contribution in [-0.2, 0) is 6.61 Å². The molecule has 0 aliphatic rings. The van der Waals surface area contributed by atoms with Gasteiger partial charge in [-0.1, -0.05) is 29.4 Å². The molecule has 0 aliphatic heterocycles. The molecule has 0 radical (unpaired) electrons. The summed E-state index contributed by atoms with van der Waals surface area (Å²) in [5.41, 5.74) is 6.37. The van der Waals surface area contributed by atoms with Crippen LogP contribution in [0.3, 0.4) is 0 Å². The van der Waals surface area contributed by atoms with E-state index in [-0.39, 0.29) is 5.84 Å². The maximum absolute atomic E-state index is 8.86. The Morgan fingerprint density at radius 1 is 1.10 bits per heavy atom. The van der Waals surface area contributed by atoms with Crippen LogP contribution >= 0.6 is 0 Å². The third kappa shape index (κ3) is 2.53. The predicted molar refractivity (Wildman–Crippen MR) is 79.5 cm³/mol. The summed E-state index contributed by atoms with van der Waals surface area (Å²) in [4.78, 5) is 0. The number of hydrogen-bond donors (Lipinski definition) is 2. The first-order valence-electron chi connectivity index (χ1n) is 6.44. The minimum atomic E-state index is 0.0729. The van der Waals surface area contributed by atoms with Crippen molar-refractivity contribution in [2.75, 3.05) is 0 Å². The van der Waals surface area contributed by atoms with Gasteiger partial charge in [0.25, 0.3) is 0 Å². The van der Waals surface area contributed by atoms with Gasteiger partial charge in [-0.2, -0.15) is 0 Å². The number of amidine groups is 1. The van der Waals surface area contributed by atoms with Crippen molar-refractivity contribution < 1.29 is 14.4 Å². The number of hydrogen-bond acceptors (Lipinski definition) is 4. The molecular weight excluding hydrogens is 268 g/mol. The molecule has 0 amide bonds. The summed E-state index contributed by atoms with van der Waals surface area (Å²) in [7, 11) is 0. The van der Waals surface area contributed by atoms with Crippen molar-refractivity contribution in [1.29, 1.82) is 0 Å². The number of fused-ring (bicyclic) bond motifs is 1. The van der Waals surface area contributed by atoms with Crippen molar-refractivity contribution in [1.82, 2.24) is 0 Å². The molecule has 0 spiro atoms. The van der Waals surface area contributed by atoms with E-state index in [1.54, 1.807) is 18.4 Å². The van der Waals surface area contributed by atoms with E-state index in [2.05, 4.69) is 5.16 Å². The highest BCUT2D eigenvalue weighted by Crippen LogP contribution is 2.29. The van der Waals surface area contributed by atoms with Crippen LogP contribution in [0.1, 0.15) is 11.3 Å². The zero-order valence-corrected chi connectivity index (χ0v) is 11.2. The van der Waals surface area contributed by atoms with Gasteiger partial charge in [0.2, 0.25) is 0 Å². The molecule has 0 saturated carbocycles. The van der Waals surface area contributed by atoms with E-state index >= 15 is 0 Å². The number of nitrogens with two attached hydrogens (primary N) is 1. The summed E-state index contributed by atoms with van der Waals surface area (Å²) in [6.07, 6.45) is 1.61. The van der Waals surface area contributed by atoms with Crippen molar-refractivity contribution in [3.8, 4) is 5.75 Å². The van der Waals surface area contributed by atoms with Crippen molar-refractivity contribution in [2.45, 2.75) is 6.61 Å². The Morgan fingerprint density at radius 3 is 2.62 bits per heavy atom. The van der Waals surface area contributed by atoms with Gasteiger partial charge in [0.1, 0.15) is 18.1 Å². The Bertz CT molecular complexity index is 779. The second-order valence-corrected chi connectivity index (χ2v) is 4.51. The van der Waals surface area contributed by atoms with E-state index in [0.29, 0.717) is 12.2 Å². The standard InChI is InChI=1S/C16H14N2O3/c17-16(18-19)14-7-8-15(13-6-2-1-5-12(13)14)21-10-11-4-3-9-20-11/h1-9,19H,10H2,(H2,17,18). The Hall–Kier alpha value is -2.95. The van der Waals surface area contributed by atoms with Crippen LogP contribution < -0.4 is 10.5 Å². The number of rotatable bonds is 4. The highest BCUT2D eigenvalue weighted by atomic mass is 16.5. The Kier molecular flexibility index (Phi) is 3.47. The smallest absolute Gasteiger partial charge is 0.170 e. The molecule has 3 rings (SSSR count). The minimum absolute atomic E-state index is 0.0729. The minimum Gasteiger partial charge on any atom is -0.485 e. The first-order valence-corrected chi connectivity index (χ1v) is 6.44. The first-order chi connectivity index (χ1) is 10.3. The fourth-order valence-electron chi connectivity index (χ4n) is 2.22. The summed E-state index contributed by atoms with van der Waals surface area (Å²) >= 11 is 0. The molecule has 0 fully saturated rings. The average Bonchev–Trinajstić information content (AvgIpc) is 3.05. The lowest BCUT2D eigenvalue weighted by Crippen LogP contribution is -2.13. The zero-order chi connectivity index (χ0) is 14.7. The Balaban J connectivity index is 2.00. The molecule has 106 valence electrons. The number of furan rings is 1. The third-order valence-electron chi connectivity index (χ3n) is 3.22. The SMILES string of the molecule is N/C(=N/O)c1ccc(OCc2ccco2)c2ccccc12. The fourth-order valence-corrected chi connectivity index (χ4v) is 2.22. The molecule has 2 aromatic carbocycles. The topological polar surface area (TPSA) is 81.0 Å². The quantitative estimate of drug-likeness (QED) is 0.333. The molecule has 0 saturated heterocycles.